The van der Waals surface area contributed by atoms with Crippen molar-refractivity contribution in [1.29, 1.82) is 0 Å². The van der Waals surface area contributed by atoms with Gasteiger partial charge in [-0.1, -0.05) is 11.6 Å². The summed E-state index contributed by atoms with van der Waals surface area (Å²) in [6.45, 7) is 5.55. The molecule has 0 aromatic rings. The van der Waals surface area contributed by atoms with Crippen LogP contribution in [0.3, 0.4) is 0 Å². The van der Waals surface area contributed by atoms with Gasteiger partial charge in [-0.25, -0.2) is 9.18 Å². The first-order valence-electron chi connectivity index (χ1n) is 3.69. The zero-order chi connectivity index (χ0) is 10.9. The Morgan fingerprint density at radius 2 is 1.69 bits per heavy atom. The van der Waals surface area contributed by atoms with Crippen LogP contribution in [0.5, 0.6) is 0 Å². The molecule has 3 nitrogen and oxygen atoms in total. The highest BCUT2D eigenvalue weighted by atomic mass is 35.5. The second kappa shape index (κ2) is 3.62. The lowest BCUT2D eigenvalue weighted by molar-refractivity contribution is -0.165. The third-order valence-electron chi connectivity index (χ3n) is 1.10. The average molecular weight is 211 g/mol. The summed E-state index contributed by atoms with van der Waals surface area (Å²) in [5.74, 6) is -2.45. The standard InChI is InChI=1S/C8H12ClFO3/c1-5(11)8(9,10)6(12)13-7(2,3)4/h1-4H3/t8-/m1/s1. The van der Waals surface area contributed by atoms with Gasteiger partial charge in [-0.2, -0.15) is 0 Å². The molecule has 0 aliphatic carbocycles. The maximum atomic E-state index is 13.1. The van der Waals surface area contributed by atoms with Crippen molar-refractivity contribution < 1.29 is 18.7 Å². The number of rotatable bonds is 2. The molecule has 76 valence electrons. The Bertz CT molecular complexity index is 230. The quantitative estimate of drug-likeness (QED) is 0.397. The van der Waals surface area contributed by atoms with Crippen LogP contribution in [0.15, 0.2) is 0 Å². The van der Waals surface area contributed by atoms with Crippen molar-refractivity contribution in [2.75, 3.05) is 0 Å². The van der Waals surface area contributed by atoms with Gasteiger partial charge in [-0.05, 0) is 27.7 Å². The van der Waals surface area contributed by atoms with Crippen LogP contribution in [0.25, 0.3) is 0 Å². The topological polar surface area (TPSA) is 43.4 Å². The molecule has 0 unspecified atom stereocenters. The third kappa shape index (κ3) is 3.72. The van der Waals surface area contributed by atoms with Gasteiger partial charge in [0.1, 0.15) is 5.60 Å². The van der Waals surface area contributed by atoms with Gasteiger partial charge in [0, 0.05) is 0 Å². The van der Waals surface area contributed by atoms with Crippen LogP contribution in [-0.2, 0) is 14.3 Å². The van der Waals surface area contributed by atoms with Crippen LogP contribution in [0.4, 0.5) is 4.39 Å². The molecule has 13 heavy (non-hydrogen) atoms. The molecule has 0 saturated heterocycles. The summed E-state index contributed by atoms with van der Waals surface area (Å²) in [6, 6.07) is 0. The first kappa shape index (κ1) is 12.4. The normalized spacial score (nSPS) is 16.2. The molecule has 0 aliphatic heterocycles. The van der Waals surface area contributed by atoms with E-state index in [0.29, 0.717) is 0 Å². The van der Waals surface area contributed by atoms with Gasteiger partial charge in [-0.3, -0.25) is 4.79 Å². The molecule has 0 saturated carbocycles. The van der Waals surface area contributed by atoms with E-state index < -0.39 is 22.5 Å². The second-order valence-corrected chi connectivity index (χ2v) is 4.15. The lowest BCUT2D eigenvalue weighted by Crippen LogP contribution is -2.40. The molecule has 0 aromatic carbocycles. The van der Waals surface area contributed by atoms with E-state index in [2.05, 4.69) is 4.74 Å². The first-order valence-corrected chi connectivity index (χ1v) is 4.07. The van der Waals surface area contributed by atoms with Crippen molar-refractivity contribution in [2.24, 2.45) is 0 Å². The number of ketones is 1. The number of hydrogen-bond donors (Lipinski definition) is 0. The summed E-state index contributed by atoms with van der Waals surface area (Å²) in [7, 11) is 0. The van der Waals surface area contributed by atoms with Crippen LogP contribution in [0.1, 0.15) is 27.7 Å². The molecule has 0 N–H and O–H groups in total. The molecule has 0 heterocycles. The fourth-order valence-corrected chi connectivity index (χ4v) is 0.524. The number of carbonyl (C=O) groups excluding carboxylic acids is 2. The minimum atomic E-state index is -3.06. The molecular weight excluding hydrogens is 199 g/mol. The Hall–Kier alpha value is -0.640. The average Bonchev–Trinajstić information content (AvgIpc) is 1.82. The van der Waals surface area contributed by atoms with Crippen LogP contribution in [0, 0.1) is 0 Å². The number of carbonyl (C=O) groups is 2. The third-order valence-corrected chi connectivity index (χ3v) is 1.52. The summed E-state index contributed by atoms with van der Waals surface area (Å²) in [6.07, 6.45) is 0. The van der Waals surface area contributed by atoms with Crippen molar-refractivity contribution in [1.82, 2.24) is 0 Å². The van der Waals surface area contributed by atoms with E-state index >= 15 is 0 Å². The van der Waals surface area contributed by atoms with Crippen LogP contribution in [-0.4, -0.2) is 22.5 Å². The van der Waals surface area contributed by atoms with Gasteiger partial charge in [0.2, 0.25) is 0 Å². The largest absolute Gasteiger partial charge is 0.456 e. The summed E-state index contributed by atoms with van der Waals surface area (Å²) in [5, 5.41) is -3.06. The maximum absolute atomic E-state index is 13.1. The molecule has 0 fully saturated rings. The van der Waals surface area contributed by atoms with Crippen LogP contribution >= 0.6 is 11.6 Å². The van der Waals surface area contributed by atoms with E-state index in [1.165, 1.54) is 0 Å². The smallest absolute Gasteiger partial charge is 0.368 e. The van der Waals surface area contributed by atoms with Gasteiger partial charge in [0.05, 0.1) is 0 Å². The van der Waals surface area contributed by atoms with E-state index in [9.17, 15) is 14.0 Å². The van der Waals surface area contributed by atoms with Crippen molar-refractivity contribution in [3.8, 4) is 0 Å². The van der Waals surface area contributed by atoms with Crippen LogP contribution < -0.4 is 0 Å². The summed E-state index contributed by atoms with van der Waals surface area (Å²) >= 11 is 5.04. The molecule has 0 aromatic heterocycles. The number of halogens is 2. The fourth-order valence-electron chi connectivity index (χ4n) is 0.486. The first-order chi connectivity index (χ1) is 5.57. The van der Waals surface area contributed by atoms with Crippen molar-refractivity contribution in [2.45, 2.75) is 38.4 Å². The van der Waals surface area contributed by atoms with E-state index in [1.807, 2.05) is 0 Å². The Morgan fingerprint density at radius 3 is 1.92 bits per heavy atom. The zero-order valence-electron chi connectivity index (χ0n) is 7.98. The molecule has 0 radical (unpaired) electrons. The van der Waals surface area contributed by atoms with Crippen molar-refractivity contribution >= 4 is 23.4 Å². The molecule has 0 spiro atoms. The van der Waals surface area contributed by atoms with Gasteiger partial charge in [-0.15, -0.1) is 0 Å². The molecule has 0 aliphatic rings. The van der Waals surface area contributed by atoms with E-state index in [0.717, 1.165) is 6.92 Å². The maximum Gasteiger partial charge on any atom is 0.368 e. The minimum absolute atomic E-state index is 0.862. The highest BCUT2D eigenvalue weighted by molar-refractivity contribution is 6.43. The van der Waals surface area contributed by atoms with Crippen LogP contribution in [0.2, 0.25) is 0 Å². The van der Waals surface area contributed by atoms with Gasteiger partial charge >= 0.3 is 11.1 Å². The number of alkyl halides is 2. The predicted octanol–water partition coefficient (Wildman–Crippen LogP) is 1.82. The van der Waals surface area contributed by atoms with Gasteiger partial charge in [0.25, 0.3) is 0 Å². The lowest BCUT2D eigenvalue weighted by atomic mass is 10.2. The van der Waals surface area contributed by atoms with E-state index in [4.69, 9.17) is 11.6 Å². The summed E-state index contributed by atoms with van der Waals surface area (Å²) in [4.78, 5) is 21.6. The Labute approximate surface area is 81.2 Å². The highest BCUT2D eigenvalue weighted by Crippen LogP contribution is 2.23. The highest BCUT2D eigenvalue weighted by Gasteiger charge is 2.45. The zero-order valence-corrected chi connectivity index (χ0v) is 8.74. The SMILES string of the molecule is CC(=O)[C@](F)(Cl)C(=O)OC(C)(C)C. The van der Waals surface area contributed by atoms with E-state index in [-0.39, 0.29) is 0 Å². The van der Waals surface area contributed by atoms with Gasteiger partial charge in [0.15, 0.2) is 5.78 Å². The number of ether oxygens (including phenoxy) is 1. The number of hydrogen-bond acceptors (Lipinski definition) is 3. The molecule has 5 heteroatoms. The Balaban J connectivity index is 4.53. The van der Waals surface area contributed by atoms with Gasteiger partial charge < -0.3 is 4.74 Å². The second-order valence-electron chi connectivity index (χ2n) is 3.63. The summed E-state index contributed by atoms with van der Waals surface area (Å²) in [5.41, 5.74) is -0.862. The lowest BCUT2D eigenvalue weighted by Gasteiger charge is -2.22. The molecule has 0 rings (SSSR count). The molecule has 0 amide bonds. The van der Waals surface area contributed by atoms with E-state index in [1.54, 1.807) is 20.8 Å². The minimum Gasteiger partial charge on any atom is -0.456 e. The molecule has 1 atom stereocenters. The molecular formula is C8H12ClFO3. The summed E-state index contributed by atoms with van der Waals surface area (Å²) < 4.78 is 17.7. The molecule has 0 bridgehead atoms. The monoisotopic (exact) mass is 210 g/mol. The predicted molar refractivity (Wildman–Crippen MR) is 46.2 cm³/mol. The Kier molecular flexibility index (Phi) is 3.44. The van der Waals surface area contributed by atoms with Crippen molar-refractivity contribution in [3.63, 3.8) is 0 Å². The fraction of sp³-hybridized carbons (Fsp3) is 0.750. The number of esters is 1. The number of Topliss-reactive ketones (excluding diaryl/α,β-unsaturated/α-hetero) is 1. The Morgan fingerprint density at radius 1 is 1.31 bits per heavy atom. The van der Waals surface area contributed by atoms with Crippen molar-refractivity contribution in [3.05, 3.63) is 0 Å².